The van der Waals surface area contributed by atoms with Gasteiger partial charge < -0.3 is 11.1 Å². The number of anilines is 1. The van der Waals surface area contributed by atoms with Crippen LogP contribution < -0.4 is 11.1 Å². The van der Waals surface area contributed by atoms with Crippen LogP contribution in [0.4, 0.5) is 5.69 Å². The molecule has 1 aliphatic rings. The third-order valence-corrected chi connectivity index (χ3v) is 4.56. The normalized spacial score (nSPS) is 25.8. The molecule has 1 saturated carbocycles. The highest BCUT2D eigenvalue weighted by molar-refractivity contribution is 5.89. The first-order valence-electron chi connectivity index (χ1n) is 7.02. The van der Waals surface area contributed by atoms with Crippen LogP contribution in [-0.4, -0.2) is 11.4 Å². The molecule has 0 aliphatic heterocycles. The van der Waals surface area contributed by atoms with E-state index in [1.54, 1.807) is 0 Å². The Bertz CT molecular complexity index is 481. The predicted molar refractivity (Wildman–Crippen MR) is 79.0 cm³/mol. The van der Waals surface area contributed by atoms with Gasteiger partial charge >= 0.3 is 0 Å². The summed E-state index contributed by atoms with van der Waals surface area (Å²) in [4.78, 5) is 12.1. The molecule has 3 heteroatoms. The number of amides is 1. The molecule has 0 aromatic heterocycles. The lowest BCUT2D eigenvalue weighted by atomic mass is 9.62. The zero-order valence-corrected chi connectivity index (χ0v) is 12.1. The third-order valence-electron chi connectivity index (χ3n) is 4.56. The van der Waals surface area contributed by atoms with Gasteiger partial charge in [0.15, 0.2) is 0 Å². The van der Waals surface area contributed by atoms with Gasteiger partial charge in [0.1, 0.15) is 5.54 Å². The Labute approximate surface area is 115 Å². The minimum Gasteiger partial charge on any atom is -0.371 e. The fourth-order valence-electron chi connectivity index (χ4n) is 3.23. The van der Waals surface area contributed by atoms with Crippen LogP contribution in [0.2, 0.25) is 0 Å². The van der Waals surface area contributed by atoms with E-state index in [0.29, 0.717) is 0 Å². The van der Waals surface area contributed by atoms with Crippen molar-refractivity contribution in [3.8, 4) is 0 Å². The Kier molecular flexibility index (Phi) is 3.57. The first-order chi connectivity index (χ1) is 8.87. The maximum Gasteiger partial charge on any atom is 0.243 e. The molecule has 0 radical (unpaired) electrons. The van der Waals surface area contributed by atoms with Crippen molar-refractivity contribution in [3.05, 3.63) is 29.8 Å². The van der Waals surface area contributed by atoms with Gasteiger partial charge in [-0.15, -0.1) is 0 Å². The first-order valence-corrected chi connectivity index (χ1v) is 7.02. The minimum atomic E-state index is -0.640. The number of carbonyl (C=O) groups is 1. The van der Waals surface area contributed by atoms with Gasteiger partial charge in [-0.05, 0) is 42.9 Å². The average Bonchev–Trinajstić information content (AvgIpc) is 2.31. The van der Waals surface area contributed by atoms with E-state index < -0.39 is 5.54 Å². The fourth-order valence-corrected chi connectivity index (χ4v) is 3.23. The van der Waals surface area contributed by atoms with E-state index in [-0.39, 0.29) is 11.3 Å². The average molecular weight is 260 g/mol. The van der Waals surface area contributed by atoms with E-state index in [1.807, 2.05) is 25.1 Å². The summed E-state index contributed by atoms with van der Waals surface area (Å²) < 4.78 is 0. The molecule has 2 rings (SSSR count). The molecule has 3 nitrogen and oxygen atoms in total. The largest absolute Gasteiger partial charge is 0.371 e. The Morgan fingerprint density at radius 3 is 2.53 bits per heavy atom. The summed E-state index contributed by atoms with van der Waals surface area (Å²) >= 11 is 0. The highest BCUT2D eigenvalue weighted by Crippen LogP contribution is 2.45. The number of rotatable bonds is 3. The summed E-state index contributed by atoms with van der Waals surface area (Å²) in [5.41, 5.74) is 7.16. The summed E-state index contributed by atoms with van der Waals surface area (Å²) in [6.07, 6.45) is 4.04. The number of hydrogen-bond donors (Lipinski definition) is 2. The van der Waals surface area contributed by atoms with Crippen LogP contribution in [0.3, 0.4) is 0 Å². The van der Waals surface area contributed by atoms with Crippen molar-refractivity contribution in [2.75, 3.05) is 5.32 Å². The molecule has 1 amide bonds. The van der Waals surface area contributed by atoms with Gasteiger partial charge in [-0.3, -0.25) is 4.79 Å². The molecule has 104 valence electrons. The molecule has 1 unspecified atom stereocenters. The van der Waals surface area contributed by atoms with Gasteiger partial charge in [-0.25, -0.2) is 0 Å². The van der Waals surface area contributed by atoms with Crippen molar-refractivity contribution in [2.24, 2.45) is 11.1 Å². The van der Waals surface area contributed by atoms with E-state index in [4.69, 9.17) is 5.73 Å². The van der Waals surface area contributed by atoms with Crippen molar-refractivity contribution in [3.63, 3.8) is 0 Å². The predicted octanol–water partition coefficient (Wildman–Crippen LogP) is 3.23. The second-order valence-corrected chi connectivity index (χ2v) is 6.36. The molecule has 1 fully saturated rings. The van der Waals surface area contributed by atoms with Crippen LogP contribution in [0.25, 0.3) is 0 Å². The van der Waals surface area contributed by atoms with Crippen molar-refractivity contribution in [1.82, 2.24) is 0 Å². The number of carbonyl (C=O) groups excluding carboxylic acids is 1. The number of hydrogen-bond acceptors (Lipinski definition) is 2. The monoisotopic (exact) mass is 260 g/mol. The summed E-state index contributed by atoms with van der Waals surface area (Å²) in [7, 11) is 0. The number of nitrogens with two attached hydrogens (primary N) is 1. The standard InChI is InChI=1S/C16H24N2O/c1-12-7-6-8-13(11-12)18-16(14(17)19)10-5-4-9-15(16,2)3/h6-8,11,18H,4-5,9-10H2,1-3H3,(H2,17,19). The second-order valence-electron chi connectivity index (χ2n) is 6.36. The SMILES string of the molecule is Cc1cccc(NC2(C(N)=O)CCCCC2(C)C)c1. The van der Waals surface area contributed by atoms with Crippen LogP contribution in [0.5, 0.6) is 0 Å². The Hall–Kier alpha value is -1.51. The molecule has 1 aromatic rings. The van der Waals surface area contributed by atoms with Gasteiger partial charge in [0, 0.05) is 5.69 Å². The van der Waals surface area contributed by atoms with Crippen LogP contribution in [-0.2, 0) is 4.79 Å². The smallest absolute Gasteiger partial charge is 0.243 e. The van der Waals surface area contributed by atoms with E-state index in [9.17, 15) is 4.79 Å². The highest BCUT2D eigenvalue weighted by Gasteiger charge is 2.51. The molecule has 19 heavy (non-hydrogen) atoms. The fraction of sp³-hybridized carbons (Fsp3) is 0.562. The lowest BCUT2D eigenvalue weighted by Gasteiger charge is -2.49. The third kappa shape index (κ3) is 2.46. The first kappa shape index (κ1) is 13.9. The zero-order valence-electron chi connectivity index (χ0n) is 12.1. The number of benzene rings is 1. The molecule has 0 bridgehead atoms. The van der Waals surface area contributed by atoms with Gasteiger partial charge in [0.25, 0.3) is 0 Å². The summed E-state index contributed by atoms with van der Waals surface area (Å²) in [6.45, 7) is 6.33. The van der Waals surface area contributed by atoms with E-state index in [1.165, 1.54) is 5.56 Å². The molecule has 0 saturated heterocycles. The molecule has 0 spiro atoms. The summed E-state index contributed by atoms with van der Waals surface area (Å²) in [6, 6.07) is 8.12. The molecule has 0 heterocycles. The Morgan fingerprint density at radius 2 is 1.95 bits per heavy atom. The Balaban J connectivity index is 2.37. The van der Waals surface area contributed by atoms with Crippen molar-refractivity contribution in [1.29, 1.82) is 0 Å². The molecular formula is C16H24N2O. The molecule has 1 atom stereocenters. The van der Waals surface area contributed by atoms with Gasteiger partial charge in [-0.2, -0.15) is 0 Å². The van der Waals surface area contributed by atoms with E-state index in [2.05, 4.69) is 25.2 Å². The minimum absolute atomic E-state index is 0.124. The van der Waals surface area contributed by atoms with Crippen molar-refractivity contribution < 1.29 is 4.79 Å². The van der Waals surface area contributed by atoms with Crippen molar-refractivity contribution in [2.45, 2.75) is 52.0 Å². The molecule has 3 N–H and O–H groups in total. The topological polar surface area (TPSA) is 55.1 Å². The quantitative estimate of drug-likeness (QED) is 0.876. The highest BCUT2D eigenvalue weighted by atomic mass is 16.1. The van der Waals surface area contributed by atoms with Gasteiger partial charge in [0.05, 0.1) is 0 Å². The number of primary amides is 1. The Morgan fingerprint density at radius 1 is 1.26 bits per heavy atom. The summed E-state index contributed by atoms with van der Waals surface area (Å²) in [5, 5.41) is 3.45. The van der Waals surface area contributed by atoms with Crippen LogP contribution in [0.1, 0.15) is 45.1 Å². The lowest BCUT2D eigenvalue weighted by molar-refractivity contribution is -0.127. The maximum atomic E-state index is 12.1. The molecule has 1 aliphatic carbocycles. The molecule has 1 aromatic carbocycles. The molecular weight excluding hydrogens is 236 g/mol. The van der Waals surface area contributed by atoms with Crippen LogP contribution in [0, 0.1) is 12.3 Å². The van der Waals surface area contributed by atoms with E-state index >= 15 is 0 Å². The van der Waals surface area contributed by atoms with E-state index in [0.717, 1.165) is 31.4 Å². The van der Waals surface area contributed by atoms with Gasteiger partial charge in [0.2, 0.25) is 5.91 Å². The zero-order chi connectivity index (χ0) is 14.1. The number of aryl methyl sites for hydroxylation is 1. The number of nitrogens with one attached hydrogen (secondary N) is 1. The maximum absolute atomic E-state index is 12.1. The second kappa shape index (κ2) is 4.87. The van der Waals surface area contributed by atoms with Gasteiger partial charge in [-0.1, -0.05) is 38.8 Å². The lowest BCUT2D eigenvalue weighted by Crippen LogP contribution is -2.61. The summed E-state index contributed by atoms with van der Waals surface area (Å²) in [5.74, 6) is -0.237. The van der Waals surface area contributed by atoms with Crippen LogP contribution in [0.15, 0.2) is 24.3 Å². The van der Waals surface area contributed by atoms with Crippen LogP contribution >= 0.6 is 0 Å². The van der Waals surface area contributed by atoms with Crippen molar-refractivity contribution >= 4 is 11.6 Å².